The average Bonchev–Trinajstić information content (AvgIpc) is 2.63. The van der Waals surface area contributed by atoms with Crippen molar-refractivity contribution in [2.24, 2.45) is 0 Å². The lowest BCUT2D eigenvalue weighted by atomic mass is 10.1. The second kappa shape index (κ2) is 7.74. The molecule has 1 aliphatic rings. The molecule has 0 aliphatic carbocycles. The quantitative estimate of drug-likeness (QED) is 0.898. The highest BCUT2D eigenvalue weighted by Crippen LogP contribution is 2.15. The van der Waals surface area contributed by atoms with E-state index in [2.05, 4.69) is 20.6 Å². The topological polar surface area (TPSA) is 87.2 Å². The van der Waals surface area contributed by atoms with E-state index in [0.29, 0.717) is 24.6 Å². The Balaban J connectivity index is 1.51. The maximum Gasteiger partial charge on any atom is 0.319 e. The first-order chi connectivity index (χ1) is 12.1. The molecule has 130 valence electrons. The fourth-order valence-electron chi connectivity index (χ4n) is 2.82. The van der Waals surface area contributed by atoms with Crippen LogP contribution in [0.1, 0.15) is 19.8 Å². The third kappa shape index (κ3) is 4.53. The van der Waals surface area contributed by atoms with Gasteiger partial charge in [0.25, 0.3) is 0 Å². The van der Waals surface area contributed by atoms with Crippen LogP contribution in [0.4, 0.5) is 10.5 Å². The Morgan fingerprint density at radius 3 is 2.32 bits per heavy atom. The summed E-state index contributed by atoms with van der Waals surface area (Å²) in [6.45, 7) is 2.92. The van der Waals surface area contributed by atoms with Crippen LogP contribution in [0.3, 0.4) is 0 Å². The number of hydrogen-bond donors (Lipinski definition) is 2. The normalized spacial score (nSPS) is 14.8. The van der Waals surface area contributed by atoms with E-state index in [9.17, 15) is 9.59 Å². The smallest absolute Gasteiger partial charge is 0.319 e. The van der Waals surface area contributed by atoms with Crippen molar-refractivity contribution in [1.82, 2.24) is 20.2 Å². The minimum Gasteiger partial charge on any atom is -0.343 e. The van der Waals surface area contributed by atoms with Gasteiger partial charge >= 0.3 is 6.03 Å². The molecule has 1 aromatic heterocycles. The molecular formula is C18H21N5O2. The summed E-state index contributed by atoms with van der Waals surface area (Å²) in [5, 5.41) is 5.68. The molecule has 3 rings (SSSR count). The molecule has 0 bridgehead atoms. The van der Waals surface area contributed by atoms with Crippen LogP contribution < -0.4 is 10.6 Å². The number of anilines is 1. The SMILES string of the molecule is CC(=O)N1CCC(NC(=O)Nc2cnc(-c3ccccc3)nc2)CC1. The average molecular weight is 339 g/mol. The maximum atomic E-state index is 12.1. The van der Waals surface area contributed by atoms with Crippen molar-refractivity contribution in [3.8, 4) is 11.4 Å². The lowest BCUT2D eigenvalue weighted by Gasteiger charge is -2.31. The van der Waals surface area contributed by atoms with Gasteiger partial charge in [-0.25, -0.2) is 14.8 Å². The molecule has 0 saturated carbocycles. The van der Waals surface area contributed by atoms with Crippen LogP contribution in [0, 0.1) is 0 Å². The first-order valence-electron chi connectivity index (χ1n) is 8.32. The summed E-state index contributed by atoms with van der Waals surface area (Å²) in [4.78, 5) is 33.8. The summed E-state index contributed by atoms with van der Waals surface area (Å²) >= 11 is 0. The number of aromatic nitrogens is 2. The van der Waals surface area contributed by atoms with Crippen molar-refractivity contribution in [1.29, 1.82) is 0 Å². The number of carbonyl (C=O) groups is 2. The van der Waals surface area contributed by atoms with Crippen LogP contribution in [0.15, 0.2) is 42.7 Å². The molecule has 25 heavy (non-hydrogen) atoms. The Kier molecular flexibility index (Phi) is 5.23. The van der Waals surface area contributed by atoms with E-state index in [0.717, 1.165) is 18.4 Å². The van der Waals surface area contributed by atoms with Crippen molar-refractivity contribution in [2.75, 3.05) is 18.4 Å². The van der Waals surface area contributed by atoms with Gasteiger partial charge < -0.3 is 15.5 Å². The number of likely N-dealkylation sites (tertiary alicyclic amines) is 1. The largest absolute Gasteiger partial charge is 0.343 e. The van der Waals surface area contributed by atoms with Gasteiger partial charge in [-0.2, -0.15) is 0 Å². The van der Waals surface area contributed by atoms with Crippen LogP contribution in [0.2, 0.25) is 0 Å². The van der Waals surface area contributed by atoms with E-state index in [-0.39, 0.29) is 18.0 Å². The highest BCUT2D eigenvalue weighted by molar-refractivity contribution is 5.89. The Morgan fingerprint density at radius 1 is 1.08 bits per heavy atom. The second-order valence-corrected chi connectivity index (χ2v) is 6.04. The van der Waals surface area contributed by atoms with Crippen LogP contribution in [-0.2, 0) is 4.79 Å². The summed E-state index contributed by atoms with van der Waals surface area (Å²) < 4.78 is 0. The van der Waals surface area contributed by atoms with Crippen molar-refractivity contribution < 1.29 is 9.59 Å². The Bertz CT molecular complexity index is 725. The van der Waals surface area contributed by atoms with Crippen molar-refractivity contribution in [3.63, 3.8) is 0 Å². The molecule has 1 fully saturated rings. The van der Waals surface area contributed by atoms with Gasteiger partial charge in [-0.05, 0) is 12.8 Å². The number of carbonyl (C=O) groups excluding carboxylic acids is 2. The maximum absolute atomic E-state index is 12.1. The molecule has 2 aromatic rings. The fourth-order valence-corrected chi connectivity index (χ4v) is 2.82. The van der Waals surface area contributed by atoms with Crippen molar-refractivity contribution >= 4 is 17.6 Å². The highest BCUT2D eigenvalue weighted by atomic mass is 16.2. The fraction of sp³-hybridized carbons (Fsp3) is 0.333. The molecule has 2 heterocycles. The van der Waals surface area contributed by atoms with E-state index in [1.165, 1.54) is 0 Å². The van der Waals surface area contributed by atoms with Crippen molar-refractivity contribution in [2.45, 2.75) is 25.8 Å². The molecule has 1 aliphatic heterocycles. The number of amides is 3. The molecular weight excluding hydrogens is 318 g/mol. The number of nitrogens with one attached hydrogen (secondary N) is 2. The Morgan fingerprint density at radius 2 is 1.72 bits per heavy atom. The molecule has 0 atom stereocenters. The lowest BCUT2D eigenvalue weighted by molar-refractivity contribution is -0.129. The molecule has 3 amide bonds. The van der Waals surface area contributed by atoms with Crippen LogP contribution in [0.5, 0.6) is 0 Å². The summed E-state index contributed by atoms with van der Waals surface area (Å²) in [5.41, 5.74) is 1.47. The van der Waals surface area contributed by atoms with Crippen LogP contribution in [-0.4, -0.2) is 45.9 Å². The minimum atomic E-state index is -0.280. The molecule has 0 spiro atoms. The first-order valence-corrected chi connectivity index (χ1v) is 8.32. The van der Waals surface area contributed by atoms with Crippen molar-refractivity contribution in [3.05, 3.63) is 42.7 Å². The second-order valence-electron chi connectivity index (χ2n) is 6.04. The Labute approximate surface area is 146 Å². The van der Waals surface area contributed by atoms with E-state index in [4.69, 9.17) is 0 Å². The molecule has 1 aromatic carbocycles. The number of benzene rings is 1. The molecule has 2 N–H and O–H groups in total. The van der Waals surface area contributed by atoms with Crippen LogP contribution >= 0.6 is 0 Å². The lowest BCUT2D eigenvalue weighted by Crippen LogP contribution is -2.47. The zero-order chi connectivity index (χ0) is 17.6. The van der Waals surface area contributed by atoms with E-state index >= 15 is 0 Å². The van der Waals surface area contributed by atoms with Gasteiger partial charge in [0.15, 0.2) is 5.82 Å². The van der Waals surface area contributed by atoms with Gasteiger partial charge in [0.1, 0.15) is 0 Å². The zero-order valence-corrected chi connectivity index (χ0v) is 14.1. The van der Waals surface area contributed by atoms with Gasteiger partial charge in [-0.15, -0.1) is 0 Å². The van der Waals surface area contributed by atoms with Gasteiger partial charge in [-0.1, -0.05) is 30.3 Å². The van der Waals surface area contributed by atoms with E-state index < -0.39 is 0 Å². The monoisotopic (exact) mass is 339 g/mol. The summed E-state index contributed by atoms with van der Waals surface area (Å²) in [5.74, 6) is 0.696. The third-order valence-corrected chi connectivity index (χ3v) is 4.22. The molecule has 0 radical (unpaired) electrons. The number of rotatable bonds is 3. The number of piperidine rings is 1. The molecule has 7 heteroatoms. The summed E-state index contributed by atoms with van der Waals surface area (Å²) in [6, 6.07) is 9.44. The molecule has 1 saturated heterocycles. The van der Waals surface area contributed by atoms with Gasteiger partial charge in [0.2, 0.25) is 5.91 Å². The standard InChI is InChI=1S/C18H21N5O2/c1-13(24)23-9-7-15(8-10-23)21-18(25)22-16-11-19-17(20-12-16)14-5-3-2-4-6-14/h2-6,11-12,15H,7-10H2,1H3,(H2,21,22,25). The predicted octanol–water partition coefficient (Wildman–Crippen LogP) is 2.28. The number of urea groups is 1. The highest BCUT2D eigenvalue weighted by Gasteiger charge is 2.21. The zero-order valence-electron chi connectivity index (χ0n) is 14.1. The van der Waals surface area contributed by atoms with Gasteiger partial charge in [0.05, 0.1) is 18.1 Å². The minimum absolute atomic E-state index is 0.0695. The third-order valence-electron chi connectivity index (χ3n) is 4.22. The molecule has 0 unspecified atom stereocenters. The first kappa shape index (κ1) is 16.9. The van der Waals surface area contributed by atoms with Gasteiger partial charge in [-0.3, -0.25) is 4.79 Å². The summed E-state index contributed by atoms with van der Waals surface area (Å²) in [6.07, 6.45) is 4.70. The molecule has 7 nitrogen and oxygen atoms in total. The Hall–Kier alpha value is -2.96. The van der Waals surface area contributed by atoms with Gasteiger partial charge in [0, 0.05) is 31.6 Å². The number of nitrogens with zero attached hydrogens (tertiary/aromatic N) is 3. The van der Waals surface area contributed by atoms with E-state index in [1.54, 1.807) is 24.2 Å². The van der Waals surface area contributed by atoms with E-state index in [1.807, 2.05) is 30.3 Å². The van der Waals surface area contributed by atoms with Crippen LogP contribution in [0.25, 0.3) is 11.4 Å². The number of hydrogen-bond acceptors (Lipinski definition) is 4. The predicted molar refractivity (Wildman–Crippen MR) is 94.9 cm³/mol. The summed E-state index contributed by atoms with van der Waals surface area (Å²) in [7, 11) is 0.